The number of nitro groups is 1. The first-order valence-electron chi connectivity index (χ1n) is 5.22. The van der Waals surface area contributed by atoms with E-state index < -0.39 is 4.92 Å². The molecule has 6 heteroatoms. The lowest BCUT2D eigenvalue weighted by Gasteiger charge is -1.92. The molecule has 0 saturated heterocycles. The minimum Gasteiger partial charge on any atom is -0.330 e. The Bertz CT molecular complexity index is 574. The number of para-hydroxylation sites is 1. The molecule has 0 fully saturated rings. The maximum atomic E-state index is 10.8. The molecule has 1 aromatic heterocycles. The number of rotatable bonds is 4. The lowest BCUT2D eigenvalue weighted by atomic mass is 10.1. The van der Waals surface area contributed by atoms with Crippen LogP contribution in [0.15, 0.2) is 24.3 Å². The van der Waals surface area contributed by atoms with E-state index in [1.165, 1.54) is 6.07 Å². The Hall–Kier alpha value is -2.21. The molecule has 0 bridgehead atoms. The average molecular weight is 232 g/mol. The number of hydrogen-bond acceptors (Lipinski definition) is 4. The number of hydrogen-bond donors (Lipinski definition) is 2. The molecule has 1 aromatic carbocycles. The molecule has 17 heavy (non-hydrogen) atoms. The smallest absolute Gasteiger partial charge is 0.297 e. The molecule has 0 aliphatic rings. The summed E-state index contributed by atoms with van der Waals surface area (Å²) in [6.07, 6.45) is 4.51. The molecule has 2 rings (SSSR count). The van der Waals surface area contributed by atoms with Crippen LogP contribution in [0.1, 0.15) is 12.1 Å². The zero-order chi connectivity index (χ0) is 12.3. The Labute approximate surface area is 97.3 Å². The van der Waals surface area contributed by atoms with Crippen molar-refractivity contribution < 1.29 is 4.92 Å². The summed E-state index contributed by atoms with van der Waals surface area (Å²) in [5, 5.41) is 18.3. The van der Waals surface area contributed by atoms with Crippen molar-refractivity contribution in [3.8, 4) is 0 Å². The lowest BCUT2D eigenvalue weighted by molar-refractivity contribution is -0.383. The monoisotopic (exact) mass is 232 g/mol. The fourth-order valence-corrected chi connectivity index (χ4v) is 1.61. The van der Waals surface area contributed by atoms with Gasteiger partial charge in [-0.15, -0.1) is 0 Å². The average Bonchev–Trinajstić information content (AvgIpc) is 2.72. The van der Waals surface area contributed by atoms with Crippen LogP contribution in [0.4, 0.5) is 5.69 Å². The molecule has 0 unspecified atom stereocenters. The van der Waals surface area contributed by atoms with E-state index in [-0.39, 0.29) is 5.69 Å². The highest BCUT2D eigenvalue weighted by Crippen LogP contribution is 2.25. The van der Waals surface area contributed by atoms with E-state index in [2.05, 4.69) is 10.2 Å². The van der Waals surface area contributed by atoms with E-state index in [1.54, 1.807) is 12.1 Å². The Kier molecular flexibility index (Phi) is 3.15. The first-order valence-corrected chi connectivity index (χ1v) is 5.22. The maximum Gasteiger partial charge on any atom is 0.297 e. The zero-order valence-electron chi connectivity index (χ0n) is 9.09. The normalized spacial score (nSPS) is 11.4. The number of fused-ring (bicyclic) bond motifs is 1. The minimum atomic E-state index is -0.434. The van der Waals surface area contributed by atoms with Crippen LogP contribution in [0.2, 0.25) is 0 Å². The molecule has 1 heterocycles. The van der Waals surface area contributed by atoms with Gasteiger partial charge in [0.1, 0.15) is 0 Å². The molecule has 6 nitrogen and oxygen atoms in total. The van der Waals surface area contributed by atoms with E-state index >= 15 is 0 Å². The second-order valence-electron chi connectivity index (χ2n) is 3.55. The van der Waals surface area contributed by atoms with Gasteiger partial charge in [0.15, 0.2) is 5.52 Å². The molecule has 0 spiro atoms. The minimum absolute atomic E-state index is 0.0113. The summed E-state index contributed by atoms with van der Waals surface area (Å²) in [5.41, 5.74) is 6.53. The van der Waals surface area contributed by atoms with Gasteiger partial charge in [0.05, 0.1) is 10.6 Å². The van der Waals surface area contributed by atoms with Crippen molar-refractivity contribution in [1.29, 1.82) is 0 Å². The second-order valence-corrected chi connectivity index (χ2v) is 3.55. The van der Waals surface area contributed by atoms with E-state index in [9.17, 15) is 10.1 Å². The zero-order valence-corrected chi connectivity index (χ0v) is 9.09. The molecular formula is C11H12N4O2. The van der Waals surface area contributed by atoms with Crippen LogP contribution in [-0.4, -0.2) is 21.7 Å². The van der Waals surface area contributed by atoms with Crippen molar-refractivity contribution >= 4 is 22.7 Å². The number of H-pyrrole nitrogens is 1. The molecule has 0 saturated carbocycles. The third kappa shape index (κ3) is 2.16. The van der Waals surface area contributed by atoms with Gasteiger partial charge in [0, 0.05) is 11.5 Å². The van der Waals surface area contributed by atoms with Gasteiger partial charge in [-0.25, -0.2) is 0 Å². The number of non-ortho nitro benzene ring substituents is 1. The highest BCUT2D eigenvalue weighted by atomic mass is 16.6. The molecule has 0 aliphatic carbocycles. The van der Waals surface area contributed by atoms with Crippen molar-refractivity contribution in [2.24, 2.45) is 5.73 Å². The van der Waals surface area contributed by atoms with Gasteiger partial charge < -0.3 is 5.73 Å². The fraction of sp³-hybridized carbons (Fsp3) is 0.182. The number of benzene rings is 1. The fourth-order valence-electron chi connectivity index (χ4n) is 1.61. The molecule has 88 valence electrons. The van der Waals surface area contributed by atoms with E-state index in [0.717, 1.165) is 17.5 Å². The van der Waals surface area contributed by atoms with Crippen molar-refractivity contribution in [3.63, 3.8) is 0 Å². The first-order chi connectivity index (χ1) is 8.24. The number of nitrogens with one attached hydrogen (secondary N) is 1. The maximum absolute atomic E-state index is 10.8. The standard InChI is InChI=1S/C11H12N4O2/c12-7-2-1-5-9-8-4-3-6-10(15(16)17)11(8)14-13-9/h1,3-6H,2,7,12H2,(H,13,14). The summed E-state index contributed by atoms with van der Waals surface area (Å²) >= 11 is 0. The van der Waals surface area contributed by atoms with Crippen LogP contribution >= 0.6 is 0 Å². The first kappa shape index (κ1) is 11.3. The van der Waals surface area contributed by atoms with Crippen LogP contribution in [-0.2, 0) is 0 Å². The molecule has 0 radical (unpaired) electrons. The highest BCUT2D eigenvalue weighted by Gasteiger charge is 2.15. The topological polar surface area (TPSA) is 97.8 Å². The summed E-state index contributed by atoms with van der Waals surface area (Å²) in [6, 6.07) is 4.89. The van der Waals surface area contributed by atoms with Crippen molar-refractivity contribution in [2.45, 2.75) is 6.42 Å². The summed E-state index contributed by atoms with van der Waals surface area (Å²) in [7, 11) is 0. The van der Waals surface area contributed by atoms with Gasteiger partial charge in [0.25, 0.3) is 5.69 Å². The van der Waals surface area contributed by atoms with Crippen molar-refractivity contribution in [2.75, 3.05) is 6.54 Å². The molecular weight excluding hydrogens is 220 g/mol. The van der Waals surface area contributed by atoms with Crippen LogP contribution in [0.3, 0.4) is 0 Å². The third-order valence-corrected chi connectivity index (χ3v) is 2.41. The number of nitrogens with two attached hydrogens (primary N) is 1. The van der Waals surface area contributed by atoms with Crippen molar-refractivity contribution in [1.82, 2.24) is 10.2 Å². The number of nitrogens with zero attached hydrogens (tertiary/aromatic N) is 2. The molecule has 2 aromatic rings. The summed E-state index contributed by atoms with van der Waals surface area (Å²) in [4.78, 5) is 10.4. The van der Waals surface area contributed by atoms with Crippen LogP contribution in [0.5, 0.6) is 0 Å². The second kappa shape index (κ2) is 4.75. The van der Waals surface area contributed by atoms with E-state index in [4.69, 9.17) is 5.73 Å². The van der Waals surface area contributed by atoms with Crippen LogP contribution in [0.25, 0.3) is 17.0 Å². The Morgan fingerprint density at radius 2 is 2.35 bits per heavy atom. The van der Waals surface area contributed by atoms with E-state index in [0.29, 0.717) is 12.1 Å². The summed E-state index contributed by atoms with van der Waals surface area (Å²) in [6.45, 7) is 0.572. The van der Waals surface area contributed by atoms with Crippen LogP contribution < -0.4 is 5.73 Å². The van der Waals surface area contributed by atoms with Gasteiger partial charge in [-0.1, -0.05) is 18.2 Å². The number of aromatic nitrogens is 2. The quantitative estimate of drug-likeness (QED) is 0.620. The summed E-state index contributed by atoms with van der Waals surface area (Å²) < 4.78 is 0. The van der Waals surface area contributed by atoms with Crippen molar-refractivity contribution in [3.05, 3.63) is 40.1 Å². The third-order valence-electron chi connectivity index (χ3n) is 2.41. The predicted octanol–water partition coefficient (Wildman–Crippen LogP) is 1.83. The molecule has 0 aliphatic heterocycles. The Morgan fingerprint density at radius 1 is 1.53 bits per heavy atom. The van der Waals surface area contributed by atoms with Gasteiger partial charge >= 0.3 is 0 Å². The number of aromatic amines is 1. The largest absolute Gasteiger partial charge is 0.330 e. The Balaban J connectivity index is 2.47. The highest BCUT2D eigenvalue weighted by molar-refractivity contribution is 5.92. The van der Waals surface area contributed by atoms with Gasteiger partial charge in [0.2, 0.25) is 0 Å². The molecule has 0 atom stereocenters. The Morgan fingerprint density at radius 3 is 3.06 bits per heavy atom. The molecule has 3 N–H and O–H groups in total. The van der Waals surface area contributed by atoms with Gasteiger partial charge in [-0.2, -0.15) is 5.10 Å². The van der Waals surface area contributed by atoms with Gasteiger partial charge in [-0.3, -0.25) is 15.2 Å². The van der Waals surface area contributed by atoms with Gasteiger partial charge in [-0.05, 0) is 19.0 Å². The number of nitro benzene ring substituents is 1. The van der Waals surface area contributed by atoms with Crippen LogP contribution in [0, 0.1) is 10.1 Å². The predicted molar refractivity (Wildman–Crippen MR) is 65.5 cm³/mol. The molecule has 0 amide bonds. The summed E-state index contributed by atoms with van der Waals surface area (Å²) in [5.74, 6) is 0. The lowest BCUT2D eigenvalue weighted by Crippen LogP contribution is -1.94. The SMILES string of the molecule is NCCC=Cc1[nH]nc2c([N+](=O)[O-])cccc12. The van der Waals surface area contributed by atoms with E-state index in [1.807, 2.05) is 12.2 Å².